The SMILES string of the molecule is COC1(Cn2cc(C(C)=O)cc2C(=O)O)CCC1. The number of methoxy groups -OCH3 is 1. The monoisotopic (exact) mass is 251 g/mol. The van der Waals surface area contributed by atoms with Gasteiger partial charge in [0.25, 0.3) is 0 Å². The van der Waals surface area contributed by atoms with Gasteiger partial charge in [-0.1, -0.05) is 0 Å². The largest absolute Gasteiger partial charge is 0.477 e. The number of carbonyl (C=O) groups is 2. The van der Waals surface area contributed by atoms with E-state index in [0.29, 0.717) is 12.1 Å². The maximum atomic E-state index is 11.3. The molecule has 0 saturated heterocycles. The van der Waals surface area contributed by atoms with Crippen LogP contribution in [0.2, 0.25) is 0 Å². The smallest absolute Gasteiger partial charge is 0.352 e. The summed E-state index contributed by atoms with van der Waals surface area (Å²) >= 11 is 0. The summed E-state index contributed by atoms with van der Waals surface area (Å²) in [4.78, 5) is 22.5. The van der Waals surface area contributed by atoms with Crippen molar-refractivity contribution in [3.05, 3.63) is 23.5 Å². The standard InChI is InChI=1S/C13H17NO4/c1-9(15)10-6-11(12(16)17)14(7-10)8-13(18-2)4-3-5-13/h6-7H,3-5,8H2,1-2H3,(H,16,17). The fraction of sp³-hybridized carbons (Fsp3) is 0.538. The molecule has 1 aliphatic rings. The van der Waals surface area contributed by atoms with Crippen LogP contribution in [0, 0.1) is 0 Å². The minimum absolute atomic E-state index is 0.128. The Balaban J connectivity index is 2.31. The van der Waals surface area contributed by atoms with Gasteiger partial charge in [0.1, 0.15) is 5.69 Å². The van der Waals surface area contributed by atoms with Crippen LogP contribution in [-0.4, -0.2) is 34.1 Å². The minimum atomic E-state index is -1.02. The Morgan fingerprint density at radius 3 is 2.56 bits per heavy atom. The lowest BCUT2D eigenvalue weighted by molar-refractivity contribution is -0.0837. The molecule has 98 valence electrons. The summed E-state index contributed by atoms with van der Waals surface area (Å²) in [7, 11) is 1.65. The van der Waals surface area contributed by atoms with E-state index in [1.807, 2.05) is 0 Å². The molecule has 0 radical (unpaired) electrons. The first-order valence-electron chi connectivity index (χ1n) is 5.97. The summed E-state index contributed by atoms with van der Waals surface area (Å²) in [6.45, 7) is 1.92. The minimum Gasteiger partial charge on any atom is -0.477 e. The third-order valence-electron chi connectivity index (χ3n) is 3.68. The summed E-state index contributed by atoms with van der Waals surface area (Å²) in [6, 6.07) is 1.42. The molecule has 5 nitrogen and oxygen atoms in total. The van der Waals surface area contributed by atoms with Crippen LogP contribution < -0.4 is 0 Å². The second kappa shape index (κ2) is 4.57. The van der Waals surface area contributed by atoms with Crippen LogP contribution >= 0.6 is 0 Å². The molecule has 0 bridgehead atoms. The molecule has 5 heteroatoms. The van der Waals surface area contributed by atoms with Gasteiger partial charge >= 0.3 is 5.97 Å². The van der Waals surface area contributed by atoms with E-state index in [0.717, 1.165) is 19.3 Å². The van der Waals surface area contributed by atoms with E-state index in [9.17, 15) is 9.59 Å². The third kappa shape index (κ3) is 2.18. The first-order chi connectivity index (χ1) is 8.47. The highest BCUT2D eigenvalue weighted by molar-refractivity contribution is 5.97. The first-order valence-corrected chi connectivity index (χ1v) is 5.97. The summed E-state index contributed by atoms with van der Waals surface area (Å²) in [5.74, 6) is -1.15. The molecule has 2 rings (SSSR count). The lowest BCUT2D eigenvalue weighted by Crippen LogP contribution is -2.43. The van der Waals surface area contributed by atoms with E-state index >= 15 is 0 Å². The second-order valence-electron chi connectivity index (χ2n) is 4.84. The van der Waals surface area contributed by atoms with Crippen LogP contribution in [0.25, 0.3) is 0 Å². The number of hydrogen-bond donors (Lipinski definition) is 1. The molecular formula is C13H17NO4. The van der Waals surface area contributed by atoms with Gasteiger partial charge in [0.2, 0.25) is 0 Å². The van der Waals surface area contributed by atoms with Crippen molar-refractivity contribution in [2.75, 3.05) is 7.11 Å². The van der Waals surface area contributed by atoms with Gasteiger partial charge in [-0.15, -0.1) is 0 Å². The molecule has 0 aromatic carbocycles. The zero-order chi connectivity index (χ0) is 13.3. The zero-order valence-corrected chi connectivity index (χ0v) is 10.6. The number of carbonyl (C=O) groups excluding carboxylic acids is 1. The van der Waals surface area contributed by atoms with Gasteiger partial charge in [0.05, 0.1) is 12.1 Å². The molecular weight excluding hydrogens is 234 g/mol. The second-order valence-corrected chi connectivity index (χ2v) is 4.84. The highest BCUT2D eigenvalue weighted by atomic mass is 16.5. The predicted octanol–water partition coefficient (Wildman–Crippen LogP) is 1.96. The number of Topliss-reactive ketones (excluding diaryl/α,β-unsaturated/α-hetero) is 1. The Labute approximate surface area is 105 Å². The number of carboxylic acid groups (broad SMARTS) is 1. The van der Waals surface area contributed by atoms with Gasteiger partial charge in [-0.3, -0.25) is 4.79 Å². The van der Waals surface area contributed by atoms with Gasteiger partial charge < -0.3 is 14.4 Å². The molecule has 1 aromatic heterocycles. The lowest BCUT2D eigenvalue weighted by Gasteiger charge is -2.41. The van der Waals surface area contributed by atoms with Crippen molar-refractivity contribution in [2.24, 2.45) is 0 Å². The molecule has 0 amide bonds. The van der Waals surface area contributed by atoms with E-state index in [4.69, 9.17) is 9.84 Å². The Bertz CT molecular complexity index is 480. The van der Waals surface area contributed by atoms with Crippen molar-refractivity contribution < 1.29 is 19.4 Å². The average Bonchev–Trinajstić information content (AvgIpc) is 2.67. The number of aromatic carboxylic acids is 1. The maximum Gasteiger partial charge on any atom is 0.352 e. The molecule has 1 heterocycles. The number of carboxylic acids is 1. The molecule has 1 N–H and O–H groups in total. The van der Waals surface area contributed by atoms with Gasteiger partial charge in [-0.2, -0.15) is 0 Å². The number of rotatable bonds is 5. The molecule has 1 aliphatic carbocycles. The molecule has 1 fully saturated rings. The number of ether oxygens (including phenoxy) is 1. The lowest BCUT2D eigenvalue weighted by atomic mass is 9.80. The van der Waals surface area contributed by atoms with Crippen molar-refractivity contribution >= 4 is 11.8 Å². The zero-order valence-electron chi connectivity index (χ0n) is 10.6. The van der Waals surface area contributed by atoms with Crippen LogP contribution in [0.1, 0.15) is 47.0 Å². The van der Waals surface area contributed by atoms with Crippen molar-refractivity contribution in [1.82, 2.24) is 4.57 Å². The van der Waals surface area contributed by atoms with Crippen molar-refractivity contribution in [1.29, 1.82) is 0 Å². The summed E-state index contributed by atoms with van der Waals surface area (Å²) < 4.78 is 7.10. The summed E-state index contributed by atoms with van der Waals surface area (Å²) in [6.07, 6.45) is 4.55. The van der Waals surface area contributed by atoms with Gasteiger partial charge in [-0.05, 0) is 32.3 Å². The van der Waals surface area contributed by atoms with Crippen LogP contribution in [-0.2, 0) is 11.3 Å². The molecule has 0 unspecified atom stereocenters. The van der Waals surface area contributed by atoms with E-state index in [2.05, 4.69) is 0 Å². The summed E-state index contributed by atoms with van der Waals surface area (Å²) in [5.41, 5.74) is 0.304. The number of aromatic nitrogens is 1. The number of hydrogen-bond acceptors (Lipinski definition) is 3. The van der Waals surface area contributed by atoms with Gasteiger partial charge in [0, 0.05) is 18.9 Å². The predicted molar refractivity (Wildman–Crippen MR) is 65.0 cm³/mol. The highest BCUT2D eigenvalue weighted by Gasteiger charge is 2.38. The highest BCUT2D eigenvalue weighted by Crippen LogP contribution is 2.37. The Morgan fingerprint density at radius 2 is 2.17 bits per heavy atom. The van der Waals surface area contributed by atoms with E-state index in [1.54, 1.807) is 17.9 Å². The average molecular weight is 251 g/mol. The fourth-order valence-corrected chi connectivity index (χ4v) is 2.32. The molecule has 0 atom stereocenters. The Hall–Kier alpha value is -1.62. The molecule has 18 heavy (non-hydrogen) atoms. The molecule has 0 aliphatic heterocycles. The quantitative estimate of drug-likeness (QED) is 0.812. The number of nitrogens with zero attached hydrogens (tertiary/aromatic N) is 1. The van der Waals surface area contributed by atoms with Gasteiger partial charge in [-0.25, -0.2) is 4.79 Å². The maximum absolute atomic E-state index is 11.3. The molecule has 0 spiro atoms. The van der Waals surface area contributed by atoms with Crippen LogP contribution in [0.3, 0.4) is 0 Å². The van der Waals surface area contributed by atoms with Crippen LogP contribution in [0.15, 0.2) is 12.3 Å². The van der Waals surface area contributed by atoms with Crippen LogP contribution in [0.5, 0.6) is 0 Å². The Morgan fingerprint density at radius 1 is 1.50 bits per heavy atom. The van der Waals surface area contributed by atoms with Crippen molar-refractivity contribution in [2.45, 2.75) is 38.3 Å². The van der Waals surface area contributed by atoms with Crippen LogP contribution in [0.4, 0.5) is 0 Å². The first kappa shape index (κ1) is 12.8. The topological polar surface area (TPSA) is 68.5 Å². The molecule has 1 aromatic rings. The fourth-order valence-electron chi connectivity index (χ4n) is 2.32. The molecule has 1 saturated carbocycles. The van der Waals surface area contributed by atoms with Crippen molar-refractivity contribution in [3.8, 4) is 0 Å². The Kier molecular flexibility index (Phi) is 3.26. The normalized spacial score (nSPS) is 17.2. The van der Waals surface area contributed by atoms with E-state index in [1.165, 1.54) is 13.0 Å². The van der Waals surface area contributed by atoms with E-state index in [-0.39, 0.29) is 17.1 Å². The summed E-state index contributed by atoms with van der Waals surface area (Å²) in [5, 5.41) is 9.15. The van der Waals surface area contributed by atoms with Gasteiger partial charge in [0.15, 0.2) is 5.78 Å². The van der Waals surface area contributed by atoms with E-state index < -0.39 is 5.97 Å². The number of ketones is 1. The van der Waals surface area contributed by atoms with Crippen molar-refractivity contribution in [3.63, 3.8) is 0 Å². The third-order valence-corrected chi connectivity index (χ3v) is 3.68.